The Hall–Kier alpha value is -4.00. The van der Waals surface area contributed by atoms with Gasteiger partial charge in [-0.1, -0.05) is 40.2 Å². The number of ether oxygens (including phenoxy) is 2. The summed E-state index contributed by atoms with van der Waals surface area (Å²) in [6, 6.07) is 10.2. The van der Waals surface area contributed by atoms with Gasteiger partial charge in [-0.3, -0.25) is 5.10 Å². The van der Waals surface area contributed by atoms with E-state index in [2.05, 4.69) is 50.7 Å². The predicted molar refractivity (Wildman–Crippen MR) is 133 cm³/mol. The van der Waals surface area contributed by atoms with Crippen LogP contribution in [0.2, 0.25) is 0 Å². The zero-order valence-electron chi connectivity index (χ0n) is 20.5. The minimum absolute atomic E-state index is 0.00918. The number of carbonyl (C=O) groups excluding carboxylic acids is 2. The van der Waals surface area contributed by atoms with E-state index in [9.17, 15) is 18.4 Å². The third-order valence-electron chi connectivity index (χ3n) is 4.67. The predicted octanol–water partition coefficient (Wildman–Crippen LogP) is 4.18. The molecule has 0 atom stereocenters. The van der Waals surface area contributed by atoms with Crippen LogP contribution in [0, 0.1) is 25.5 Å². The first-order valence-electron chi connectivity index (χ1n) is 10.7. The van der Waals surface area contributed by atoms with Gasteiger partial charge < -0.3 is 9.47 Å². The molecule has 13 heteroatoms. The van der Waals surface area contributed by atoms with Gasteiger partial charge in [-0.05, 0) is 48.2 Å². The normalized spacial score (nSPS) is 9.92. The third kappa shape index (κ3) is 9.18. The Labute approximate surface area is 220 Å². The molecule has 0 spiro atoms. The van der Waals surface area contributed by atoms with E-state index in [-0.39, 0.29) is 23.3 Å². The van der Waals surface area contributed by atoms with E-state index < -0.39 is 11.9 Å². The molecule has 2 aromatic heterocycles. The third-order valence-corrected chi connectivity index (χ3v) is 5.32. The Morgan fingerprint density at radius 2 is 1.54 bits per heavy atom. The van der Waals surface area contributed by atoms with Crippen molar-refractivity contribution >= 4 is 27.9 Å². The van der Waals surface area contributed by atoms with Gasteiger partial charge in [-0.15, -0.1) is 5.10 Å². The zero-order chi connectivity index (χ0) is 27.4. The summed E-state index contributed by atoms with van der Waals surface area (Å²) in [5.74, 6) is -1.38. The smallest absolute Gasteiger partial charge is 0.377 e. The van der Waals surface area contributed by atoms with Gasteiger partial charge in [-0.2, -0.15) is 5.10 Å². The second kappa shape index (κ2) is 14.5. The maximum atomic E-state index is 13.4. The Morgan fingerprint density at radius 3 is 2.05 bits per heavy atom. The monoisotopic (exact) mass is 578 g/mol. The lowest BCUT2D eigenvalue weighted by Gasteiger charge is -2.02. The van der Waals surface area contributed by atoms with Crippen molar-refractivity contribution in [1.82, 2.24) is 29.9 Å². The molecule has 0 aliphatic heterocycles. The summed E-state index contributed by atoms with van der Waals surface area (Å²) in [5, 5.41) is 10.5. The highest BCUT2D eigenvalue weighted by Gasteiger charge is 2.11. The molecule has 0 aliphatic rings. The van der Waals surface area contributed by atoms with Crippen LogP contribution in [0.4, 0.5) is 8.78 Å². The fraction of sp³-hybridized carbons (Fsp3) is 0.250. The van der Waals surface area contributed by atoms with Crippen LogP contribution >= 0.6 is 15.9 Å². The molecule has 0 bridgehead atoms. The van der Waals surface area contributed by atoms with Crippen LogP contribution < -0.4 is 0 Å². The van der Waals surface area contributed by atoms with Gasteiger partial charge in [0.1, 0.15) is 24.3 Å². The van der Waals surface area contributed by atoms with Crippen molar-refractivity contribution in [2.45, 2.75) is 25.7 Å². The molecule has 0 fully saturated rings. The van der Waals surface area contributed by atoms with Gasteiger partial charge in [0.05, 0.1) is 20.8 Å². The molecule has 37 heavy (non-hydrogen) atoms. The van der Waals surface area contributed by atoms with Crippen LogP contribution in [-0.2, 0) is 21.3 Å². The Kier molecular flexibility index (Phi) is 11.5. The van der Waals surface area contributed by atoms with Crippen molar-refractivity contribution in [2.75, 3.05) is 14.2 Å². The number of carbonyl (C=O) groups is 2. The maximum Gasteiger partial charge on any atom is 0.377 e. The molecule has 0 unspecified atom stereocenters. The molecule has 4 aromatic rings. The number of H-pyrrole nitrogens is 1. The minimum Gasteiger partial charge on any atom is -0.463 e. The van der Waals surface area contributed by atoms with E-state index in [0.717, 1.165) is 11.1 Å². The van der Waals surface area contributed by atoms with Crippen LogP contribution in [0.5, 0.6) is 0 Å². The molecule has 2 aromatic carbocycles. The number of rotatable bonds is 5. The topological polar surface area (TPSA) is 125 Å². The van der Waals surface area contributed by atoms with Crippen LogP contribution in [0.3, 0.4) is 0 Å². The van der Waals surface area contributed by atoms with Crippen LogP contribution in [0.1, 0.15) is 43.5 Å². The van der Waals surface area contributed by atoms with Crippen molar-refractivity contribution in [1.29, 1.82) is 0 Å². The number of aromatic nitrogens is 6. The van der Waals surface area contributed by atoms with Crippen LogP contribution in [0.15, 0.2) is 49.1 Å². The summed E-state index contributed by atoms with van der Waals surface area (Å²) in [5.41, 5.74) is 3.01. The highest BCUT2D eigenvalue weighted by atomic mass is 79.9. The summed E-state index contributed by atoms with van der Waals surface area (Å²) in [6.45, 7) is 3.80. The van der Waals surface area contributed by atoms with E-state index >= 15 is 0 Å². The van der Waals surface area contributed by atoms with Gasteiger partial charge in [-0.25, -0.2) is 33.0 Å². The minimum atomic E-state index is -0.594. The van der Waals surface area contributed by atoms with Gasteiger partial charge in [0.25, 0.3) is 5.82 Å². The quantitative estimate of drug-likeness (QED) is 0.276. The number of nitrogens with one attached hydrogen (secondary N) is 1. The molecular weight excluding hydrogens is 554 g/mol. The average Bonchev–Trinajstić information content (AvgIpc) is 3.61. The summed E-state index contributed by atoms with van der Waals surface area (Å²) >= 11 is 3.25. The molecule has 0 saturated heterocycles. The highest BCUT2D eigenvalue weighted by Crippen LogP contribution is 2.11. The number of hydrogen-bond donors (Lipinski definition) is 1. The van der Waals surface area contributed by atoms with Gasteiger partial charge in [0, 0.05) is 5.33 Å². The number of halogens is 3. The van der Waals surface area contributed by atoms with E-state index in [1.165, 1.54) is 37.6 Å². The lowest BCUT2D eigenvalue weighted by atomic mass is 10.1. The molecular formula is C24H25BrF2N6O4. The number of benzene rings is 2. The van der Waals surface area contributed by atoms with Crippen molar-refractivity contribution < 1.29 is 27.8 Å². The van der Waals surface area contributed by atoms with E-state index in [1.807, 2.05) is 6.07 Å². The first-order valence-corrected chi connectivity index (χ1v) is 11.8. The van der Waals surface area contributed by atoms with E-state index in [1.54, 1.807) is 38.1 Å². The second-order valence-corrected chi connectivity index (χ2v) is 7.94. The van der Waals surface area contributed by atoms with Gasteiger partial charge in [0.15, 0.2) is 0 Å². The molecule has 196 valence electrons. The number of methoxy groups -OCH3 is 2. The molecule has 0 aliphatic carbocycles. The highest BCUT2D eigenvalue weighted by molar-refractivity contribution is 9.08. The number of hydrogen-bond acceptors (Lipinski definition) is 8. The molecule has 4 rings (SSSR count). The molecule has 0 amide bonds. The Morgan fingerprint density at radius 1 is 0.946 bits per heavy atom. The molecule has 0 radical (unpaired) electrons. The number of esters is 2. The molecule has 10 nitrogen and oxygen atoms in total. The summed E-state index contributed by atoms with van der Waals surface area (Å²) in [6.07, 6.45) is 2.65. The Bertz CT molecular complexity index is 1310. The molecule has 0 saturated carbocycles. The largest absolute Gasteiger partial charge is 0.463 e. The maximum absolute atomic E-state index is 13.4. The van der Waals surface area contributed by atoms with Gasteiger partial charge in [0.2, 0.25) is 5.82 Å². The summed E-state index contributed by atoms with van der Waals surface area (Å²) in [4.78, 5) is 29.0. The Balaban J connectivity index is 0.000000214. The van der Waals surface area contributed by atoms with Gasteiger partial charge >= 0.3 is 11.9 Å². The SMILES string of the molecule is COC(=O)c1ncn(Cc2ccc(C)c(F)c2)n1.COC(=O)c1ncn[nH]1.Cc1ccc(CBr)cc1F. The standard InChI is InChI=1S/C12H12FN3O2.C8H8BrF.C4H5N3O2/c1-8-3-4-9(5-10(8)13)6-16-7-14-11(15-16)12(17)18-2;1-6-2-3-7(5-9)4-8(6)10;1-9-4(8)3-5-2-6-7-3/h3-5,7H,6H2,1-2H3;2-4H,5H2,1H3;2H,1H3,(H,5,6,7). The number of aromatic amines is 1. The zero-order valence-corrected chi connectivity index (χ0v) is 22.1. The van der Waals surface area contributed by atoms with Crippen LogP contribution in [-0.4, -0.2) is 56.1 Å². The second-order valence-electron chi connectivity index (χ2n) is 7.38. The van der Waals surface area contributed by atoms with Crippen molar-refractivity contribution in [3.63, 3.8) is 0 Å². The average molecular weight is 579 g/mol. The van der Waals surface area contributed by atoms with E-state index in [4.69, 9.17) is 0 Å². The fourth-order valence-electron chi connectivity index (χ4n) is 2.60. The number of nitrogens with zero attached hydrogens (tertiary/aromatic N) is 5. The fourth-order valence-corrected chi connectivity index (χ4v) is 2.95. The summed E-state index contributed by atoms with van der Waals surface area (Å²) < 4.78 is 36.4. The van der Waals surface area contributed by atoms with Crippen molar-refractivity contribution in [2.24, 2.45) is 0 Å². The first-order chi connectivity index (χ1) is 17.7. The molecule has 2 heterocycles. The van der Waals surface area contributed by atoms with Crippen molar-refractivity contribution in [3.8, 4) is 0 Å². The lowest BCUT2D eigenvalue weighted by molar-refractivity contribution is 0.0578. The lowest BCUT2D eigenvalue weighted by Crippen LogP contribution is -2.06. The van der Waals surface area contributed by atoms with E-state index in [0.29, 0.717) is 23.0 Å². The number of alkyl halides is 1. The number of aryl methyl sites for hydroxylation is 2. The first kappa shape index (κ1) is 29.2. The summed E-state index contributed by atoms with van der Waals surface area (Å²) in [7, 11) is 2.54. The van der Waals surface area contributed by atoms with Crippen molar-refractivity contribution in [3.05, 3.63) is 94.6 Å². The van der Waals surface area contributed by atoms with Crippen LogP contribution in [0.25, 0.3) is 0 Å². The molecule has 1 N–H and O–H groups in total.